The lowest BCUT2D eigenvalue weighted by atomic mass is 10.1. The average molecular weight is 287 g/mol. The molecule has 2 amide bonds. The molecule has 2 N–H and O–H groups in total. The standard InChI is InChI=1S/C16H15ClN2O/c17-9-10-18-16(20)19-15-13-7-3-1-5-11(13)12-6-2-4-8-14(12)15/h1-8,15H,9-10H2,(H2,18,19,20). The summed E-state index contributed by atoms with van der Waals surface area (Å²) in [7, 11) is 0. The number of hydrogen-bond acceptors (Lipinski definition) is 1. The molecule has 102 valence electrons. The van der Waals surface area contributed by atoms with E-state index >= 15 is 0 Å². The Labute approximate surface area is 123 Å². The minimum Gasteiger partial charge on any atom is -0.337 e. The van der Waals surface area contributed by atoms with E-state index in [4.69, 9.17) is 11.6 Å². The molecule has 4 heteroatoms. The van der Waals surface area contributed by atoms with E-state index in [0.29, 0.717) is 12.4 Å². The molecule has 1 aliphatic rings. The minimum absolute atomic E-state index is 0.0993. The SMILES string of the molecule is O=C(NCCCl)NC1c2ccccc2-c2ccccc21. The van der Waals surface area contributed by atoms with Crippen LogP contribution >= 0.6 is 11.6 Å². The maximum absolute atomic E-state index is 11.9. The smallest absolute Gasteiger partial charge is 0.315 e. The molecule has 3 rings (SSSR count). The van der Waals surface area contributed by atoms with E-state index in [1.807, 2.05) is 24.3 Å². The van der Waals surface area contributed by atoms with Crippen molar-refractivity contribution in [2.24, 2.45) is 0 Å². The molecule has 0 saturated heterocycles. The molecule has 0 atom stereocenters. The van der Waals surface area contributed by atoms with E-state index < -0.39 is 0 Å². The Morgan fingerprint density at radius 1 is 1.00 bits per heavy atom. The van der Waals surface area contributed by atoms with Gasteiger partial charge in [-0.25, -0.2) is 4.79 Å². The first-order valence-electron chi connectivity index (χ1n) is 6.60. The Hall–Kier alpha value is -2.00. The van der Waals surface area contributed by atoms with Gasteiger partial charge in [0.05, 0.1) is 6.04 Å². The lowest BCUT2D eigenvalue weighted by Crippen LogP contribution is -2.38. The molecular weight excluding hydrogens is 272 g/mol. The van der Waals surface area contributed by atoms with Crippen molar-refractivity contribution in [1.82, 2.24) is 10.6 Å². The maximum atomic E-state index is 11.9. The fourth-order valence-corrected chi connectivity index (χ4v) is 2.75. The Kier molecular flexibility index (Phi) is 3.61. The topological polar surface area (TPSA) is 41.1 Å². The zero-order valence-electron chi connectivity index (χ0n) is 10.9. The van der Waals surface area contributed by atoms with Crippen LogP contribution in [0.3, 0.4) is 0 Å². The lowest BCUT2D eigenvalue weighted by Gasteiger charge is -2.16. The summed E-state index contributed by atoms with van der Waals surface area (Å²) < 4.78 is 0. The third kappa shape index (κ3) is 2.25. The quantitative estimate of drug-likeness (QED) is 0.835. The van der Waals surface area contributed by atoms with Gasteiger partial charge in [-0.1, -0.05) is 48.5 Å². The van der Waals surface area contributed by atoms with Crippen LogP contribution in [0.2, 0.25) is 0 Å². The fraction of sp³-hybridized carbons (Fsp3) is 0.188. The van der Waals surface area contributed by atoms with Crippen molar-refractivity contribution < 1.29 is 4.79 Å². The van der Waals surface area contributed by atoms with Crippen LogP contribution in [-0.2, 0) is 0 Å². The summed E-state index contributed by atoms with van der Waals surface area (Å²) in [5, 5.41) is 5.76. The maximum Gasteiger partial charge on any atom is 0.315 e. The predicted molar refractivity (Wildman–Crippen MR) is 81.0 cm³/mol. The van der Waals surface area contributed by atoms with Crippen LogP contribution in [-0.4, -0.2) is 18.5 Å². The Morgan fingerprint density at radius 3 is 2.10 bits per heavy atom. The van der Waals surface area contributed by atoms with E-state index in [2.05, 4.69) is 34.9 Å². The second-order valence-electron chi connectivity index (χ2n) is 4.70. The molecule has 20 heavy (non-hydrogen) atoms. The molecule has 0 fully saturated rings. The average Bonchev–Trinajstić information content (AvgIpc) is 2.80. The first-order valence-corrected chi connectivity index (χ1v) is 7.13. The van der Waals surface area contributed by atoms with Crippen LogP contribution in [0.1, 0.15) is 17.2 Å². The molecule has 0 aromatic heterocycles. The van der Waals surface area contributed by atoms with Crippen LogP contribution in [0, 0.1) is 0 Å². The van der Waals surface area contributed by atoms with Crippen LogP contribution in [0.25, 0.3) is 11.1 Å². The largest absolute Gasteiger partial charge is 0.337 e. The number of carbonyl (C=O) groups is 1. The molecule has 0 radical (unpaired) electrons. The summed E-state index contributed by atoms with van der Waals surface area (Å²) in [6, 6.07) is 16.0. The van der Waals surface area contributed by atoms with Crippen LogP contribution < -0.4 is 10.6 Å². The van der Waals surface area contributed by atoms with E-state index in [0.717, 1.165) is 11.1 Å². The van der Waals surface area contributed by atoms with Gasteiger partial charge in [-0.15, -0.1) is 11.6 Å². The Bertz CT molecular complexity index is 596. The van der Waals surface area contributed by atoms with Crippen molar-refractivity contribution in [1.29, 1.82) is 0 Å². The summed E-state index contributed by atoms with van der Waals surface area (Å²) in [5.74, 6) is 0.408. The molecule has 0 bridgehead atoms. The third-order valence-electron chi connectivity index (χ3n) is 3.49. The molecule has 0 saturated carbocycles. The number of fused-ring (bicyclic) bond motifs is 3. The van der Waals surface area contributed by atoms with Crippen LogP contribution in [0.4, 0.5) is 4.79 Å². The van der Waals surface area contributed by atoms with Gasteiger partial charge in [0.25, 0.3) is 0 Å². The van der Waals surface area contributed by atoms with Gasteiger partial charge in [-0.3, -0.25) is 0 Å². The molecule has 0 unspecified atom stereocenters. The van der Waals surface area contributed by atoms with Crippen LogP contribution in [0.5, 0.6) is 0 Å². The van der Waals surface area contributed by atoms with Crippen molar-refractivity contribution in [2.75, 3.05) is 12.4 Å². The van der Waals surface area contributed by atoms with E-state index in [1.54, 1.807) is 0 Å². The third-order valence-corrected chi connectivity index (χ3v) is 3.68. The van der Waals surface area contributed by atoms with Gasteiger partial charge in [-0.2, -0.15) is 0 Å². The summed E-state index contributed by atoms with van der Waals surface area (Å²) in [4.78, 5) is 11.9. The van der Waals surface area contributed by atoms with Crippen molar-refractivity contribution in [3.8, 4) is 11.1 Å². The normalized spacial score (nSPS) is 12.7. The zero-order valence-corrected chi connectivity index (χ0v) is 11.7. The first kappa shape index (κ1) is 13.0. The summed E-state index contributed by atoms with van der Waals surface area (Å²) in [6.45, 7) is 0.462. The molecule has 2 aromatic rings. The fourth-order valence-electron chi connectivity index (χ4n) is 2.65. The highest BCUT2D eigenvalue weighted by Crippen LogP contribution is 2.42. The number of rotatable bonds is 3. The highest BCUT2D eigenvalue weighted by atomic mass is 35.5. The van der Waals surface area contributed by atoms with Crippen molar-refractivity contribution in [3.05, 3.63) is 59.7 Å². The number of carbonyl (C=O) groups excluding carboxylic acids is 1. The van der Waals surface area contributed by atoms with Gasteiger partial charge in [0.1, 0.15) is 0 Å². The van der Waals surface area contributed by atoms with Crippen LogP contribution in [0.15, 0.2) is 48.5 Å². The molecule has 3 nitrogen and oxygen atoms in total. The van der Waals surface area contributed by atoms with Crippen molar-refractivity contribution in [2.45, 2.75) is 6.04 Å². The lowest BCUT2D eigenvalue weighted by molar-refractivity contribution is 0.239. The number of benzene rings is 2. The number of halogens is 1. The number of amides is 2. The highest BCUT2D eigenvalue weighted by Gasteiger charge is 2.28. The number of nitrogens with one attached hydrogen (secondary N) is 2. The highest BCUT2D eigenvalue weighted by molar-refractivity contribution is 6.18. The van der Waals surface area contributed by atoms with Gasteiger partial charge in [-0.05, 0) is 22.3 Å². The second-order valence-corrected chi connectivity index (χ2v) is 5.07. The number of urea groups is 1. The van der Waals surface area contributed by atoms with E-state index in [-0.39, 0.29) is 12.1 Å². The van der Waals surface area contributed by atoms with Gasteiger partial charge >= 0.3 is 6.03 Å². The first-order chi connectivity index (χ1) is 9.81. The van der Waals surface area contributed by atoms with Crippen molar-refractivity contribution >= 4 is 17.6 Å². The summed E-state index contributed by atoms with van der Waals surface area (Å²) in [6.07, 6.45) is 0. The number of hydrogen-bond donors (Lipinski definition) is 2. The van der Waals surface area contributed by atoms with E-state index in [1.165, 1.54) is 11.1 Å². The van der Waals surface area contributed by atoms with Crippen molar-refractivity contribution in [3.63, 3.8) is 0 Å². The Morgan fingerprint density at radius 2 is 1.55 bits per heavy atom. The zero-order chi connectivity index (χ0) is 13.9. The molecular formula is C16H15ClN2O. The minimum atomic E-state index is -0.192. The van der Waals surface area contributed by atoms with Gasteiger partial charge in [0, 0.05) is 12.4 Å². The molecule has 0 spiro atoms. The predicted octanol–water partition coefficient (Wildman–Crippen LogP) is 3.29. The second kappa shape index (κ2) is 5.55. The van der Waals surface area contributed by atoms with Gasteiger partial charge < -0.3 is 10.6 Å². The van der Waals surface area contributed by atoms with Gasteiger partial charge in [0.15, 0.2) is 0 Å². The molecule has 0 heterocycles. The molecule has 2 aromatic carbocycles. The number of alkyl halides is 1. The monoisotopic (exact) mass is 286 g/mol. The Balaban J connectivity index is 1.93. The summed E-state index contributed by atoms with van der Waals surface area (Å²) >= 11 is 5.58. The molecule has 0 aliphatic heterocycles. The summed E-state index contributed by atoms with van der Waals surface area (Å²) in [5.41, 5.74) is 4.64. The van der Waals surface area contributed by atoms with E-state index in [9.17, 15) is 4.79 Å². The molecule has 1 aliphatic carbocycles. The van der Waals surface area contributed by atoms with Gasteiger partial charge in [0.2, 0.25) is 0 Å².